The second-order valence-corrected chi connectivity index (χ2v) is 4.34. The van der Waals surface area contributed by atoms with Crippen LogP contribution < -0.4 is 5.32 Å². The van der Waals surface area contributed by atoms with Crippen molar-refractivity contribution in [3.8, 4) is 0 Å². The van der Waals surface area contributed by atoms with Crippen LogP contribution in [0.1, 0.15) is 18.3 Å². The first-order valence-corrected chi connectivity index (χ1v) is 6.03. The zero-order valence-corrected chi connectivity index (χ0v) is 10.9. The second kappa shape index (κ2) is 5.31. The van der Waals surface area contributed by atoms with E-state index in [1.54, 1.807) is 18.2 Å². The molecule has 0 aliphatic rings. The van der Waals surface area contributed by atoms with Crippen LogP contribution in [0.2, 0.25) is 5.15 Å². The fourth-order valence-electron chi connectivity index (χ4n) is 1.56. The third kappa shape index (κ3) is 2.96. The van der Waals surface area contributed by atoms with Crippen LogP contribution in [-0.4, -0.2) is 9.97 Å². The lowest BCUT2D eigenvalue weighted by Gasteiger charge is -2.09. The normalized spacial score (nSPS) is 10.4. The van der Waals surface area contributed by atoms with Crippen LogP contribution in [0.4, 0.5) is 15.9 Å². The number of rotatable bonds is 3. The first kappa shape index (κ1) is 12.8. The third-order valence-corrected chi connectivity index (χ3v) is 2.64. The van der Waals surface area contributed by atoms with E-state index in [-0.39, 0.29) is 5.82 Å². The second-order valence-electron chi connectivity index (χ2n) is 3.95. The fourth-order valence-corrected chi connectivity index (χ4v) is 1.76. The van der Waals surface area contributed by atoms with Gasteiger partial charge in [0.15, 0.2) is 0 Å². The van der Waals surface area contributed by atoms with E-state index in [0.29, 0.717) is 28.9 Å². The van der Waals surface area contributed by atoms with Gasteiger partial charge in [-0.3, -0.25) is 0 Å². The van der Waals surface area contributed by atoms with Gasteiger partial charge in [0, 0.05) is 12.5 Å². The Balaban J connectivity index is 2.33. The first-order valence-electron chi connectivity index (χ1n) is 5.65. The summed E-state index contributed by atoms with van der Waals surface area (Å²) >= 11 is 5.88. The Bertz CT molecular complexity index is 572. The lowest BCUT2D eigenvalue weighted by molar-refractivity contribution is 0.631. The van der Waals surface area contributed by atoms with Crippen LogP contribution in [0.15, 0.2) is 24.3 Å². The topological polar surface area (TPSA) is 37.8 Å². The monoisotopic (exact) mass is 265 g/mol. The molecule has 5 heteroatoms. The Morgan fingerprint density at radius 2 is 2.06 bits per heavy atom. The summed E-state index contributed by atoms with van der Waals surface area (Å²) in [6.45, 7) is 3.83. The van der Waals surface area contributed by atoms with Gasteiger partial charge in [0.2, 0.25) is 0 Å². The predicted octanol–water partition coefficient (Wildman–Crippen LogP) is 3.88. The number of aromatic nitrogens is 2. The number of hydrogen-bond acceptors (Lipinski definition) is 3. The quantitative estimate of drug-likeness (QED) is 0.856. The first-order chi connectivity index (χ1) is 8.58. The van der Waals surface area contributed by atoms with E-state index in [9.17, 15) is 4.39 Å². The average molecular weight is 266 g/mol. The summed E-state index contributed by atoms with van der Waals surface area (Å²) in [4.78, 5) is 8.30. The molecular formula is C13H13ClFN3. The summed E-state index contributed by atoms with van der Waals surface area (Å²) in [5.74, 6) is 0.794. The molecule has 1 N–H and O–H groups in total. The number of anilines is 2. The van der Waals surface area contributed by atoms with Crippen molar-refractivity contribution in [2.45, 2.75) is 20.3 Å². The van der Waals surface area contributed by atoms with Crippen molar-refractivity contribution >= 4 is 23.1 Å². The van der Waals surface area contributed by atoms with Gasteiger partial charge in [0.25, 0.3) is 0 Å². The van der Waals surface area contributed by atoms with Gasteiger partial charge in [0.05, 0.1) is 5.69 Å². The van der Waals surface area contributed by atoms with Crippen LogP contribution in [-0.2, 0) is 6.42 Å². The number of halogens is 2. The highest BCUT2D eigenvalue weighted by molar-refractivity contribution is 6.29. The van der Waals surface area contributed by atoms with E-state index in [1.807, 2.05) is 13.8 Å². The van der Waals surface area contributed by atoms with Gasteiger partial charge in [-0.15, -0.1) is 0 Å². The molecule has 0 aliphatic heterocycles. The van der Waals surface area contributed by atoms with E-state index >= 15 is 0 Å². The third-order valence-electron chi connectivity index (χ3n) is 2.44. The van der Waals surface area contributed by atoms with E-state index in [4.69, 9.17) is 11.6 Å². The smallest absolute Gasteiger partial charge is 0.146 e. The fraction of sp³-hybridized carbons (Fsp3) is 0.231. The maximum absolute atomic E-state index is 13.6. The molecule has 0 fully saturated rings. The van der Waals surface area contributed by atoms with E-state index in [0.717, 1.165) is 5.56 Å². The van der Waals surface area contributed by atoms with Gasteiger partial charge < -0.3 is 5.32 Å². The number of aryl methyl sites for hydroxylation is 2. The lowest BCUT2D eigenvalue weighted by Crippen LogP contribution is -2.01. The van der Waals surface area contributed by atoms with Crippen molar-refractivity contribution in [2.75, 3.05) is 5.32 Å². The van der Waals surface area contributed by atoms with E-state index in [1.165, 1.54) is 6.07 Å². The summed E-state index contributed by atoms with van der Waals surface area (Å²) in [6.07, 6.45) is 0.672. The number of nitrogens with one attached hydrogen (secondary N) is 1. The average Bonchev–Trinajstić information content (AvgIpc) is 2.33. The SMILES string of the molecule is CCc1nc(Cl)cc(Nc2cc(C)ccc2F)n1. The minimum atomic E-state index is -0.326. The number of nitrogens with zero attached hydrogens (tertiary/aromatic N) is 2. The van der Waals surface area contributed by atoms with E-state index < -0.39 is 0 Å². The lowest BCUT2D eigenvalue weighted by atomic mass is 10.2. The Kier molecular flexibility index (Phi) is 3.77. The van der Waals surface area contributed by atoms with Crippen molar-refractivity contribution in [1.29, 1.82) is 0 Å². The molecule has 0 saturated heterocycles. The maximum Gasteiger partial charge on any atom is 0.146 e. The van der Waals surface area contributed by atoms with Crippen molar-refractivity contribution in [3.05, 3.63) is 46.6 Å². The Labute approximate surface area is 110 Å². The summed E-state index contributed by atoms with van der Waals surface area (Å²) in [6, 6.07) is 6.42. The van der Waals surface area contributed by atoms with Crippen LogP contribution in [0.25, 0.3) is 0 Å². The van der Waals surface area contributed by atoms with Gasteiger partial charge in [-0.1, -0.05) is 24.6 Å². The molecule has 0 spiro atoms. The van der Waals surface area contributed by atoms with Gasteiger partial charge in [-0.25, -0.2) is 14.4 Å². The van der Waals surface area contributed by atoms with Gasteiger partial charge in [0.1, 0.15) is 22.6 Å². The minimum absolute atomic E-state index is 0.326. The molecule has 1 aromatic heterocycles. The molecule has 0 aliphatic carbocycles. The summed E-state index contributed by atoms with van der Waals surface area (Å²) < 4.78 is 13.6. The molecule has 0 radical (unpaired) electrons. The summed E-state index contributed by atoms with van der Waals surface area (Å²) in [7, 11) is 0. The van der Waals surface area contributed by atoms with Crippen LogP contribution in [0.5, 0.6) is 0 Å². The Morgan fingerprint density at radius 3 is 2.78 bits per heavy atom. The standard InChI is InChI=1S/C13H13ClFN3/c1-3-12-17-11(14)7-13(18-12)16-10-6-8(2)4-5-9(10)15/h4-7H,3H2,1-2H3,(H,16,17,18). The Morgan fingerprint density at radius 1 is 1.28 bits per heavy atom. The molecule has 1 aromatic carbocycles. The van der Waals surface area contributed by atoms with Gasteiger partial charge >= 0.3 is 0 Å². The predicted molar refractivity (Wildman–Crippen MR) is 70.8 cm³/mol. The minimum Gasteiger partial charge on any atom is -0.338 e. The molecule has 3 nitrogen and oxygen atoms in total. The van der Waals surface area contributed by atoms with Crippen LogP contribution >= 0.6 is 11.6 Å². The molecule has 0 saturated carbocycles. The highest BCUT2D eigenvalue weighted by Crippen LogP contribution is 2.21. The molecule has 0 amide bonds. The van der Waals surface area contributed by atoms with E-state index in [2.05, 4.69) is 15.3 Å². The molecule has 0 unspecified atom stereocenters. The maximum atomic E-state index is 13.6. The van der Waals surface area contributed by atoms with Crippen LogP contribution in [0.3, 0.4) is 0 Å². The Hall–Kier alpha value is -1.68. The van der Waals surface area contributed by atoms with Crippen LogP contribution in [0, 0.1) is 12.7 Å². The number of benzene rings is 1. The molecule has 2 aromatic rings. The van der Waals surface area contributed by atoms with Crippen molar-refractivity contribution in [1.82, 2.24) is 9.97 Å². The van der Waals surface area contributed by atoms with Crippen molar-refractivity contribution in [2.24, 2.45) is 0 Å². The van der Waals surface area contributed by atoms with Gasteiger partial charge in [-0.2, -0.15) is 0 Å². The molecule has 2 rings (SSSR count). The highest BCUT2D eigenvalue weighted by atomic mass is 35.5. The number of hydrogen-bond donors (Lipinski definition) is 1. The zero-order valence-electron chi connectivity index (χ0n) is 10.2. The largest absolute Gasteiger partial charge is 0.338 e. The molecule has 0 bridgehead atoms. The van der Waals surface area contributed by atoms with Crippen molar-refractivity contribution < 1.29 is 4.39 Å². The molecule has 18 heavy (non-hydrogen) atoms. The van der Waals surface area contributed by atoms with Gasteiger partial charge in [-0.05, 0) is 24.6 Å². The molecule has 0 atom stereocenters. The molecular weight excluding hydrogens is 253 g/mol. The summed E-state index contributed by atoms with van der Waals surface area (Å²) in [5, 5.41) is 3.26. The highest BCUT2D eigenvalue weighted by Gasteiger charge is 2.06. The summed E-state index contributed by atoms with van der Waals surface area (Å²) in [5.41, 5.74) is 1.35. The zero-order chi connectivity index (χ0) is 13.1. The molecule has 1 heterocycles. The molecule has 94 valence electrons. The van der Waals surface area contributed by atoms with Crippen molar-refractivity contribution in [3.63, 3.8) is 0 Å².